The normalized spacial score (nSPS) is 21.6. The van der Waals surface area contributed by atoms with Crippen molar-refractivity contribution in [2.45, 2.75) is 159 Å². The van der Waals surface area contributed by atoms with Gasteiger partial charge in [-0.1, -0.05) is 115 Å². The van der Waals surface area contributed by atoms with Crippen molar-refractivity contribution in [3.63, 3.8) is 0 Å². The van der Waals surface area contributed by atoms with Gasteiger partial charge in [-0.25, -0.2) is 71.9 Å². The number of alkyl halides is 1. The van der Waals surface area contributed by atoms with E-state index in [1.165, 1.54) is 77.4 Å². The number of carboxylic acids is 4. The molecule has 25 heteroatoms. The maximum Gasteiger partial charge on any atom is 0.328 e. The fourth-order valence-electron chi connectivity index (χ4n) is 21.2. The van der Waals surface area contributed by atoms with Gasteiger partial charge in [-0.2, -0.15) is 0 Å². The van der Waals surface area contributed by atoms with E-state index in [1.54, 1.807) is 36.4 Å². The van der Waals surface area contributed by atoms with E-state index in [9.17, 15) is 36.7 Å². The highest BCUT2D eigenvalue weighted by Crippen LogP contribution is 2.57. The van der Waals surface area contributed by atoms with Gasteiger partial charge in [0.25, 0.3) is 0 Å². The summed E-state index contributed by atoms with van der Waals surface area (Å²) in [5, 5.41) is 35.4. The number of fused-ring (bicyclic) bond motifs is 8. The summed E-state index contributed by atoms with van der Waals surface area (Å²) in [5.41, 5.74) is 16.1. The van der Waals surface area contributed by atoms with Gasteiger partial charge in [0, 0.05) is 114 Å². The molecular weight excluding hydrogens is 1750 g/mol. The van der Waals surface area contributed by atoms with Crippen molar-refractivity contribution in [3.8, 4) is 0 Å². The number of benzene rings is 10. The first kappa shape index (κ1) is 93.8. The van der Waals surface area contributed by atoms with Crippen molar-refractivity contribution in [2.75, 3.05) is 26.3 Å². The Balaban J connectivity index is 0.000000125. The SMILES string of the molecule is C[C@@H]1CC2=C(Cc3cccc(F)c32)[C@@H](c2c(F)cc(/C=C/C(=O)O)cc2F)N1CC1(F)CC1.C[C@@H]1CC2=C(Cc3ccccc32)[C@@H](c2c(F)cc(/C=C/C(=O)O)cc2F)N1CC1COC1.C[C@@H]1CC2=C(Cc3ccccc32)[C@@H](c2c(F)cc(/C=C/C(=O)O)cc2F)N1Cc1ccc(F)cc1.C[C@@H]1CC2=C(Cc3ccccc32)[C@@H](c2c(F)cc(/C=C/C(=O)O)cc2F)N1Cc1ccccc1F. The van der Waals surface area contributed by atoms with Gasteiger partial charge in [0.2, 0.25) is 0 Å². The van der Waals surface area contributed by atoms with E-state index in [2.05, 4.69) is 34.9 Å². The maximum atomic E-state index is 15.6. The fourth-order valence-corrected chi connectivity index (χ4v) is 21.2. The zero-order valence-corrected chi connectivity index (χ0v) is 74.2. The third-order valence-electron chi connectivity index (χ3n) is 27.6. The monoisotopic (exact) mass is 1840 g/mol. The Labute approximate surface area is 773 Å². The molecule has 8 atom stereocenters. The molecular formula is C110H96F12N4O9. The van der Waals surface area contributed by atoms with Crippen LogP contribution in [0.2, 0.25) is 0 Å². The molecule has 1 saturated carbocycles. The lowest BCUT2D eigenvalue weighted by Crippen LogP contribution is -2.47. The van der Waals surface area contributed by atoms with Crippen molar-refractivity contribution >= 4 is 70.5 Å². The second kappa shape index (κ2) is 39.1. The summed E-state index contributed by atoms with van der Waals surface area (Å²) in [6, 6.07) is 48.0. The first-order valence-corrected chi connectivity index (χ1v) is 45.0. The van der Waals surface area contributed by atoms with Gasteiger partial charge in [-0.15, -0.1) is 0 Å². The topological polar surface area (TPSA) is 171 Å². The summed E-state index contributed by atoms with van der Waals surface area (Å²) in [6.45, 7) is 10.8. The summed E-state index contributed by atoms with van der Waals surface area (Å²) in [6.07, 6.45) is 13.8. The molecule has 694 valence electrons. The van der Waals surface area contributed by atoms with E-state index in [0.717, 1.165) is 147 Å². The van der Waals surface area contributed by atoms with Crippen LogP contribution in [0.1, 0.15) is 191 Å². The molecule has 10 aromatic rings. The molecule has 0 bridgehead atoms. The average Bonchev–Trinajstić information content (AvgIpc) is 1.68. The highest BCUT2D eigenvalue weighted by Gasteiger charge is 2.52. The van der Waals surface area contributed by atoms with E-state index in [-0.39, 0.29) is 99.2 Å². The number of hydrogen-bond donors (Lipinski definition) is 4. The van der Waals surface area contributed by atoms with Crippen LogP contribution in [0.15, 0.2) is 235 Å². The minimum Gasteiger partial charge on any atom is -0.478 e. The summed E-state index contributed by atoms with van der Waals surface area (Å²) in [4.78, 5) is 51.4. The fraction of sp³-hybridized carbons (Fsp3) is 0.273. The van der Waals surface area contributed by atoms with Crippen LogP contribution >= 0.6 is 0 Å². The van der Waals surface area contributed by atoms with Crippen molar-refractivity contribution in [2.24, 2.45) is 5.92 Å². The summed E-state index contributed by atoms with van der Waals surface area (Å²) in [5.74, 6) is -11.4. The Morgan fingerprint density at radius 3 is 1.06 bits per heavy atom. The Kier molecular flexibility index (Phi) is 27.2. The van der Waals surface area contributed by atoms with Crippen LogP contribution < -0.4 is 0 Å². The summed E-state index contributed by atoms with van der Waals surface area (Å²) >= 11 is 0. The van der Waals surface area contributed by atoms with Crippen LogP contribution in [0.25, 0.3) is 46.6 Å². The van der Waals surface area contributed by atoms with E-state index in [4.69, 9.17) is 25.2 Å². The number of nitrogens with zero attached hydrogens (tertiary/aromatic N) is 4. The molecule has 0 spiro atoms. The molecule has 0 unspecified atom stereocenters. The first-order valence-electron chi connectivity index (χ1n) is 45.0. The molecule has 0 amide bonds. The third kappa shape index (κ3) is 19.7. The standard InChI is InChI=1S/2C29H24F3NO2.C26H23F4NO2.C26H25F2NO3/c1-17-12-22-21-8-4-2-6-19(21)15-23(22)29(33(17)16-20-7-3-5-9-24(20)30)28-25(31)13-18(14-26(28)32)10-11-27(34)35;1-17-12-23-22-5-3-2-4-20(22)15-24(23)29(33(17)16-18-6-9-21(30)10-7-18)28-25(31)13-19(14-26(28)32)8-11-27(34)35;1-14-9-17-18(12-16-3-2-4-19(27)23(16)17)25(31(14)13-26(30)7-8-26)24-20(28)10-15(11-21(24)29)5-6-22(32)33;1-15-8-20-19-5-3-2-4-18(19)11-21(20)26(29(15)12-17-13-32-14-17)25-22(27)9-16(10-23(25)28)6-7-24(30)31/h2*2-11,13-14,17,29H,12,15-16H2,1H3,(H,34,35);2-6,10-11,14,25H,7-9,12-13H2,1H3,(H,32,33);2-7,9-10,15,17,26H,8,11-14H2,1H3,(H,30,31)/b11-10+;11-8+;6-5+;7-6+/t2*17-,29+;14-,25+;15-,26+/m1111/s1. The van der Waals surface area contributed by atoms with Gasteiger partial charge in [0.1, 0.15) is 69.7 Å². The molecule has 4 N–H and O–H groups in total. The number of rotatable bonds is 20. The lowest BCUT2D eigenvalue weighted by molar-refractivity contribution is -0.132. The highest BCUT2D eigenvalue weighted by atomic mass is 19.2. The van der Waals surface area contributed by atoms with E-state index < -0.39 is 100 Å². The number of carboxylic acid groups (broad SMARTS) is 4. The molecule has 5 aliphatic heterocycles. The van der Waals surface area contributed by atoms with Gasteiger partial charge in [0.15, 0.2) is 0 Å². The number of carbonyl (C=O) groups is 4. The average molecular weight is 1850 g/mol. The van der Waals surface area contributed by atoms with Crippen LogP contribution in [-0.2, 0) is 62.7 Å². The van der Waals surface area contributed by atoms with Gasteiger partial charge < -0.3 is 25.2 Å². The molecule has 20 rings (SSSR count). The van der Waals surface area contributed by atoms with Crippen LogP contribution in [0, 0.1) is 69.9 Å². The van der Waals surface area contributed by atoms with Crippen molar-refractivity contribution in [1.29, 1.82) is 0 Å². The Bertz CT molecular complexity index is 6570. The predicted molar refractivity (Wildman–Crippen MR) is 492 cm³/mol. The number of aliphatic carboxylic acids is 4. The maximum absolute atomic E-state index is 15.6. The number of ether oxygens (including phenoxy) is 1. The second-order valence-corrected chi connectivity index (χ2v) is 36.6. The van der Waals surface area contributed by atoms with Crippen molar-refractivity contribution < 1.29 is 97.0 Å². The molecule has 10 aromatic carbocycles. The zero-order chi connectivity index (χ0) is 95.3. The van der Waals surface area contributed by atoms with E-state index >= 15 is 35.1 Å². The van der Waals surface area contributed by atoms with Crippen LogP contribution in [0.4, 0.5) is 52.7 Å². The minimum atomic E-state index is -1.38. The molecule has 0 radical (unpaired) electrons. The first-order chi connectivity index (χ1) is 64.7. The quantitative estimate of drug-likeness (QED) is 0.0420. The second-order valence-electron chi connectivity index (χ2n) is 36.6. The number of hydrogen-bond acceptors (Lipinski definition) is 9. The zero-order valence-electron chi connectivity index (χ0n) is 74.2. The van der Waals surface area contributed by atoms with Crippen LogP contribution in [0.3, 0.4) is 0 Å². The molecule has 5 heterocycles. The minimum absolute atomic E-state index is 0.0275. The molecule has 13 nitrogen and oxygen atoms in total. The predicted octanol–water partition coefficient (Wildman–Crippen LogP) is 23.8. The van der Waals surface area contributed by atoms with Gasteiger partial charge in [0.05, 0.1) is 37.4 Å². The van der Waals surface area contributed by atoms with Crippen molar-refractivity contribution in [3.05, 3.63) is 399 Å². The smallest absolute Gasteiger partial charge is 0.328 e. The highest BCUT2D eigenvalue weighted by molar-refractivity contribution is 5.89. The molecule has 135 heavy (non-hydrogen) atoms. The Morgan fingerprint density at radius 2 is 0.681 bits per heavy atom. The van der Waals surface area contributed by atoms with E-state index in [0.29, 0.717) is 93.7 Å². The third-order valence-corrected chi connectivity index (χ3v) is 27.6. The summed E-state index contributed by atoms with van der Waals surface area (Å²) < 4.78 is 187. The van der Waals surface area contributed by atoms with Crippen LogP contribution in [-0.4, -0.2) is 120 Å². The number of halogens is 12. The summed E-state index contributed by atoms with van der Waals surface area (Å²) in [7, 11) is 0. The molecule has 5 aliphatic carbocycles. The molecule has 10 aliphatic rings. The lowest BCUT2D eigenvalue weighted by atomic mass is 9.83. The van der Waals surface area contributed by atoms with Gasteiger partial charge in [-0.05, 0) is 300 Å². The van der Waals surface area contributed by atoms with E-state index in [1.807, 2.05) is 91.2 Å². The van der Waals surface area contributed by atoms with Crippen molar-refractivity contribution in [1.82, 2.24) is 19.6 Å². The molecule has 0 aromatic heterocycles. The largest absolute Gasteiger partial charge is 0.478 e. The lowest BCUT2D eigenvalue weighted by Gasteiger charge is -2.45. The van der Waals surface area contributed by atoms with Crippen LogP contribution in [0.5, 0.6) is 0 Å². The Morgan fingerprint density at radius 1 is 0.363 bits per heavy atom. The molecule has 1 saturated heterocycles. The van der Waals surface area contributed by atoms with Gasteiger partial charge >= 0.3 is 23.9 Å². The Hall–Kier alpha value is -13.0. The van der Waals surface area contributed by atoms with Gasteiger partial charge in [-0.3, -0.25) is 19.6 Å². The molecule has 2 fully saturated rings.